The number of nitrogens with zero attached hydrogens (tertiary/aromatic N) is 2. The molecule has 20 heavy (non-hydrogen) atoms. The van der Waals surface area contributed by atoms with E-state index >= 15 is 0 Å². The van der Waals surface area contributed by atoms with E-state index < -0.39 is 0 Å². The van der Waals surface area contributed by atoms with E-state index in [0.29, 0.717) is 0 Å². The lowest BCUT2D eigenvalue weighted by Crippen LogP contribution is -2.38. The third-order valence-corrected chi connectivity index (χ3v) is 3.48. The summed E-state index contributed by atoms with van der Waals surface area (Å²) in [6.45, 7) is 2.09. The Balaban J connectivity index is 2.04. The molecule has 1 unspecified atom stereocenters. The fourth-order valence-electron chi connectivity index (χ4n) is 2.28. The zero-order valence-electron chi connectivity index (χ0n) is 11.9. The molecule has 0 bridgehead atoms. The van der Waals surface area contributed by atoms with Crippen molar-refractivity contribution in [2.24, 2.45) is 12.9 Å². The van der Waals surface area contributed by atoms with E-state index in [9.17, 15) is 4.39 Å². The number of rotatable bonds is 6. The summed E-state index contributed by atoms with van der Waals surface area (Å²) in [5, 5.41) is 4.43. The van der Waals surface area contributed by atoms with Crippen LogP contribution in [-0.4, -0.2) is 15.8 Å². The van der Waals surface area contributed by atoms with Crippen LogP contribution in [0.1, 0.15) is 23.9 Å². The highest BCUT2D eigenvalue weighted by Gasteiger charge is 2.12. The van der Waals surface area contributed by atoms with E-state index in [-0.39, 0.29) is 11.9 Å². The van der Waals surface area contributed by atoms with Crippen LogP contribution in [0.25, 0.3) is 0 Å². The van der Waals surface area contributed by atoms with Crippen molar-refractivity contribution in [1.29, 1.82) is 0 Å². The van der Waals surface area contributed by atoms with Gasteiger partial charge in [0.05, 0.1) is 5.69 Å². The Morgan fingerprint density at radius 3 is 2.55 bits per heavy atom. The first-order valence-corrected chi connectivity index (χ1v) is 6.84. The van der Waals surface area contributed by atoms with Gasteiger partial charge in [-0.3, -0.25) is 16.0 Å². The molecule has 0 saturated heterocycles. The molecule has 4 nitrogen and oxygen atoms in total. The highest BCUT2D eigenvalue weighted by Crippen LogP contribution is 2.11. The predicted octanol–water partition coefficient (Wildman–Crippen LogP) is 1.74. The molecule has 1 aromatic heterocycles. The van der Waals surface area contributed by atoms with Crippen molar-refractivity contribution in [3.63, 3.8) is 0 Å². The smallest absolute Gasteiger partial charge is 0.123 e. The molecule has 108 valence electrons. The van der Waals surface area contributed by atoms with Crippen molar-refractivity contribution in [2.45, 2.75) is 32.2 Å². The summed E-state index contributed by atoms with van der Waals surface area (Å²) < 4.78 is 14.8. The molecular formula is C15H21FN4. The summed E-state index contributed by atoms with van der Waals surface area (Å²) in [6.07, 6.45) is 2.47. The minimum Gasteiger partial charge on any atom is -0.272 e. The highest BCUT2D eigenvalue weighted by molar-refractivity contribution is 5.18. The molecule has 0 aliphatic carbocycles. The van der Waals surface area contributed by atoms with Gasteiger partial charge in [0.15, 0.2) is 0 Å². The van der Waals surface area contributed by atoms with Crippen LogP contribution in [0.15, 0.2) is 30.3 Å². The molecular weight excluding hydrogens is 255 g/mol. The predicted molar refractivity (Wildman–Crippen MR) is 77.5 cm³/mol. The Labute approximate surface area is 118 Å². The van der Waals surface area contributed by atoms with Crippen LogP contribution in [-0.2, 0) is 26.3 Å². The van der Waals surface area contributed by atoms with E-state index in [2.05, 4.69) is 23.5 Å². The number of nitrogens with two attached hydrogens (primary N) is 1. The SMILES string of the molecule is CCc1cc(CC(Cc2ccc(F)cc2)NN)n(C)n1. The minimum absolute atomic E-state index is 0.0977. The highest BCUT2D eigenvalue weighted by atomic mass is 19.1. The number of halogens is 1. The van der Waals surface area contributed by atoms with Gasteiger partial charge in [-0.2, -0.15) is 5.10 Å². The number of benzene rings is 1. The quantitative estimate of drug-likeness (QED) is 0.624. The van der Waals surface area contributed by atoms with Gasteiger partial charge >= 0.3 is 0 Å². The summed E-state index contributed by atoms with van der Waals surface area (Å²) in [4.78, 5) is 0. The summed E-state index contributed by atoms with van der Waals surface area (Å²) in [6, 6.07) is 8.74. The zero-order chi connectivity index (χ0) is 14.5. The maximum atomic E-state index is 12.9. The number of aryl methyl sites for hydroxylation is 2. The van der Waals surface area contributed by atoms with Gasteiger partial charge in [-0.05, 0) is 36.6 Å². The van der Waals surface area contributed by atoms with Gasteiger partial charge in [0.1, 0.15) is 5.82 Å². The van der Waals surface area contributed by atoms with E-state index in [1.54, 1.807) is 12.1 Å². The van der Waals surface area contributed by atoms with Crippen molar-refractivity contribution in [3.8, 4) is 0 Å². The normalized spacial score (nSPS) is 12.6. The molecule has 0 aliphatic heterocycles. The lowest BCUT2D eigenvalue weighted by Gasteiger charge is -2.16. The Hall–Kier alpha value is -1.72. The van der Waals surface area contributed by atoms with Gasteiger partial charge < -0.3 is 0 Å². The van der Waals surface area contributed by atoms with E-state index in [1.165, 1.54) is 12.1 Å². The van der Waals surface area contributed by atoms with Gasteiger partial charge in [0.2, 0.25) is 0 Å². The molecule has 0 amide bonds. The molecule has 1 atom stereocenters. The maximum absolute atomic E-state index is 12.9. The second-order valence-electron chi connectivity index (χ2n) is 5.00. The molecule has 1 aromatic carbocycles. The summed E-state index contributed by atoms with van der Waals surface area (Å²) in [7, 11) is 1.94. The molecule has 0 saturated carbocycles. The Morgan fingerprint density at radius 2 is 2.00 bits per heavy atom. The van der Waals surface area contributed by atoms with Gasteiger partial charge in [-0.1, -0.05) is 19.1 Å². The third-order valence-electron chi connectivity index (χ3n) is 3.48. The first-order valence-electron chi connectivity index (χ1n) is 6.84. The van der Waals surface area contributed by atoms with Crippen molar-refractivity contribution >= 4 is 0 Å². The average Bonchev–Trinajstić information content (AvgIpc) is 2.81. The van der Waals surface area contributed by atoms with Crippen LogP contribution < -0.4 is 11.3 Å². The number of hydrogen-bond acceptors (Lipinski definition) is 3. The van der Waals surface area contributed by atoms with Gasteiger partial charge in [0, 0.05) is 25.2 Å². The van der Waals surface area contributed by atoms with Crippen LogP contribution in [0.3, 0.4) is 0 Å². The topological polar surface area (TPSA) is 55.9 Å². The summed E-state index contributed by atoms with van der Waals surface area (Å²) in [5.74, 6) is 5.42. The van der Waals surface area contributed by atoms with Gasteiger partial charge in [-0.15, -0.1) is 0 Å². The fraction of sp³-hybridized carbons (Fsp3) is 0.400. The Morgan fingerprint density at radius 1 is 1.30 bits per heavy atom. The van der Waals surface area contributed by atoms with Crippen LogP contribution in [0.2, 0.25) is 0 Å². The lowest BCUT2D eigenvalue weighted by molar-refractivity contribution is 0.504. The van der Waals surface area contributed by atoms with Crippen LogP contribution in [0.5, 0.6) is 0 Å². The third kappa shape index (κ3) is 3.65. The van der Waals surface area contributed by atoms with E-state index in [0.717, 1.165) is 36.2 Å². The largest absolute Gasteiger partial charge is 0.272 e. The Bertz CT molecular complexity index is 548. The zero-order valence-corrected chi connectivity index (χ0v) is 11.9. The first-order chi connectivity index (χ1) is 9.62. The number of nitrogens with one attached hydrogen (secondary N) is 1. The average molecular weight is 276 g/mol. The van der Waals surface area contributed by atoms with Crippen molar-refractivity contribution in [1.82, 2.24) is 15.2 Å². The van der Waals surface area contributed by atoms with Crippen LogP contribution >= 0.6 is 0 Å². The number of hydrazine groups is 1. The van der Waals surface area contributed by atoms with E-state index in [4.69, 9.17) is 5.84 Å². The van der Waals surface area contributed by atoms with Crippen molar-refractivity contribution in [3.05, 3.63) is 53.1 Å². The summed E-state index contributed by atoms with van der Waals surface area (Å²) in [5.41, 5.74) is 6.12. The maximum Gasteiger partial charge on any atom is 0.123 e. The second-order valence-corrected chi connectivity index (χ2v) is 5.00. The Kier molecular flexibility index (Phi) is 4.87. The molecule has 3 N–H and O–H groups in total. The van der Waals surface area contributed by atoms with Crippen LogP contribution in [0, 0.1) is 5.82 Å². The van der Waals surface area contributed by atoms with Gasteiger partial charge in [0.25, 0.3) is 0 Å². The monoisotopic (exact) mass is 276 g/mol. The molecule has 0 aliphatic rings. The molecule has 0 fully saturated rings. The lowest BCUT2D eigenvalue weighted by atomic mass is 10.0. The summed E-state index contributed by atoms with van der Waals surface area (Å²) >= 11 is 0. The van der Waals surface area contributed by atoms with E-state index in [1.807, 2.05) is 11.7 Å². The van der Waals surface area contributed by atoms with Crippen LogP contribution in [0.4, 0.5) is 4.39 Å². The minimum atomic E-state index is -0.217. The molecule has 2 rings (SSSR count). The molecule has 1 heterocycles. The number of aromatic nitrogens is 2. The van der Waals surface area contributed by atoms with Crippen molar-refractivity contribution in [2.75, 3.05) is 0 Å². The first kappa shape index (κ1) is 14.7. The fourth-order valence-corrected chi connectivity index (χ4v) is 2.28. The molecule has 0 spiro atoms. The second kappa shape index (κ2) is 6.63. The number of hydrogen-bond donors (Lipinski definition) is 2. The molecule has 2 aromatic rings. The van der Waals surface area contributed by atoms with Gasteiger partial charge in [-0.25, -0.2) is 4.39 Å². The van der Waals surface area contributed by atoms with Crippen molar-refractivity contribution < 1.29 is 4.39 Å². The molecule has 0 radical (unpaired) electrons. The molecule has 5 heteroatoms. The standard InChI is InChI=1S/C15H21FN4/c1-3-13-9-15(20(2)19-13)10-14(18-17)8-11-4-6-12(16)7-5-11/h4-7,9,14,18H,3,8,10,17H2,1-2H3.